The maximum absolute atomic E-state index is 13.6. The Labute approximate surface area is 194 Å². The number of anilines is 2. The monoisotopic (exact) mass is 460 g/mol. The highest BCUT2D eigenvalue weighted by atomic mass is 16.7. The number of phenolic OH excluding ortho intramolecular Hbond substituents is 1. The van der Waals surface area contributed by atoms with Gasteiger partial charge in [-0.05, 0) is 54.1 Å². The number of carbonyl (C=O) groups excluding carboxylic acids is 2. The topological polar surface area (TPSA) is 117 Å². The van der Waals surface area contributed by atoms with E-state index in [2.05, 4.69) is 0 Å². The second kappa shape index (κ2) is 8.20. The Balaban J connectivity index is 1.57. The lowest BCUT2D eigenvalue weighted by atomic mass is 9.90. The maximum Gasteiger partial charge on any atom is 0.335 e. The number of aromatic hydroxyl groups is 1. The Morgan fingerprint density at radius 3 is 2.29 bits per heavy atom. The zero-order valence-corrected chi connectivity index (χ0v) is 18.0. The van der Waals surface area contributed by atoms with Crippen molar-refractivity contribution >= 4 is 29.2 Å². The summed E-state index contributed by atoms with van der Waals surface area (Å²) in [6.45, 7) is 0. The van der Waals surface area contributed by atoms with Crippen LogP contribution in [0.3, 0.4) is 0 Å². The molecular formula is C25H20N2O7. The number of hydrogen-bond donors (Lipinski definition) is 2. The highest BCUT2D eigenvalue weighted by molar-refractivity contribution is 6.24. The summed E-state index contributed by atoms with van der Waals surface area (Å²) in [4.78, 5) is 45.2. The predicted octanol–water partition coefficient (Wildman–Crippen LogP) is 3.15. The first-order chi connectivity index (χ1) is 16.4. The van der Waals surface area contributed by atoms with Crippen molar-refractivity contribution in [2.75, 3.05) is 17.1 Å². The zero-order valence-electron chi connectivity index (χ0n) is 18.0. The molecule has 3 aromatic carbocycles. The predicted molar refractivity (Wildman–Crippen MR) is 121 cm³/mol. The van der Waals surface area contributed by atoms with Gasteiger partial charge in [0.25, 0.3) is 5.91 Å². The molecule has 5 rings (SSSR count). The number of hydroxylamine groups is 1. The first-order valence-corrected chi connectivity index (χ1v) is 10.5. The average molecular weight is 460 g/mol. The van der Waals surface area contributed by atoms with E-state index in [1.807, 2.05) is 30.3 Å². The molecule has 3 atom stereocenters. The van der Waals surface area contributed by atoms with E-state index in [-0.39, 0.29) is 22.7 Å². The van der Waals surface area contributed by atoms with Crippen molar-refractivity contribution in [3.05, 3.63) is 83.9 Å². The number of ether oxygens (including phenoxy) is 1. The third-order valence-electron chi connectivity index (χ3n) is 6.04. The number of aromatic carboxylic acids is 1. The third-order valence-corrected chi connectivity index (χ3v) is 6.04. The average Bonchev–Trinajstić information content (AvgIpc) is 3.36. The van der Waals surface area contributed by atoms with Crippen LogP contribution in [0.4, 0.5) is 11.4 Å². The molecular weight excluding hydrogens is 440 g/mol. The van der Waals surface area contributed by atoms with Crippen LogP contribution < -0.4 is 14.7 Å². The summed E-state index contributed by atoms with van der Waals surface area (Å²) in [7, 11) is 1.43. The van der Waals surface area contributed by atoms with E-state index in [9.17, 15) is 19.5 Å². The largest absolute Gasteiger partial charge is 0.504 e. The number of imide groups is 1. The Morgan fingerprint density at radius 1 is 0.941 bits per heavy atom. The number of amides is 2. The van der Waals surface area contributed by atoms with Gasteiger partial charge in [0.1, 0.15) is 5.92 Å². The minimum atomic E-state index is -1.11. The van der Waals surface area contributed by atoms with Gasteiger partial charge in [-0.2, -0.15) is 0 Å². The van der Waals surface area contributed by atoms with Gasteiger partial charge in [0.2, 0.25) is 5.91 Å². The molecule has 0 aromatic heterocycles. The fourth-order valence-corrected chi connectivity index (χ4v) is 4.44. The summed E-state index contributed by atoms with van der Waals surface area (Å²) in [5, 5.41) is 20.7. The van der Waals surface area contributed by atoms with E-state index < -0.39 is 35.8 Å². The van der Waals surface area contributed by atoms with Crippen LogP contribution in [0.25, 0.3) is 0 Å². The van der Waals surface area contributed by atoms with Gasteiger partial charge in [-0.15, -0.1) is 0 Å². The number of benzene rings is 3. The fourth-order valence-electron chi connectivity index (χ4n) is 4.44. The van der Waals surface area contributed by atoms with E-state index in [4.69, 9.17) is 14.7 Å². The summed E-state index contributed by atoms with van der Waals surface area (Å²) >= 11 is 0. The molecule has 34 heavy (non-hydrogen) atoms. The van der Waals surface area contributed by atoms with E-state index in [0.717, 1.165) is 4.90 Å². The van der Waals surface area contributed by atoms with Crippen LogP contribution in [0.2, 0.25) is 0 Å². The number of carboxylic acids is 1. The molecule has 9 heteroatoms. The van der Waals surface area contributed by atoms with Crippen molar-refractivity contribution in [3.63, 3.8) is 0 Å². The van der Waals surface area contributed by atoms with Crippen LogP contribution in [0.15, 0.2) is 72.8 Å². The van der Waals surface area contributed by atoms with Gasteiger partial charge in [0, 0.05) is 0 Å². The van der Waals surface area contributed by atoms with Crippen molar-refractivity contribution in [2.45, 2.75) is 12.1 Å². The van der Waals surface area contributed by atoms with Gasteiger partial charge in [-0.3, -0.25) is 14.4 Å². The van der Waals surface area contributed by atoms with Crippen LogP contribution in [-0.4, -0.2) is 41.2 Å². The van der Waals surface area contributed by atoms with Crippen molar-refractivity contribution in [3.8, 4) is 11.5 Å². The van der Waals surface area contributed by atoms with Gasteiger partial charge >= 0.3 is 5.97 Å². The van der Waals surface area contributed by atoms with Crippen LogP contribution in [-0.2, 0) is 14.4 Å². The van der Waals surface area contributed by atoms with Gasteiger partial charge in [-0.1, -0.05) is 24.3 Å². The molecule has 2 aliphatic rings. The summed E-state index contributed by atoms with van der Waals surface area (Å²) in [6.07, 6.45) is -1.07. The molecule has 3 unspecified atom stereocenters. The van der Waals surface area contributed by atoms with Crippen molar-refractivity contribution in [2.24, 2.45) is 5.92 Å². The molecule has 2 saturated heterocycles. The molecule has 0 spiro atoms. The lowest BCUT2D eigenvalue weighted by Gasteiger charge is -2.29. The Hall–Kier alpha value is -4.37. The molecule has 2 fully saturated rings. The van der Waals surface area contributed by atoms with E-state index >= 15 is 0 Å². The number of carbonyl (C=O) groups is 3. The third kappa shape index (κ3) is 3.34. The molecule has 0 radical (unpaired) electrons. The SMILES string of the molecule is COc1cc(C2C3C(=O)N(c4ccc(C(=O)O)cc4)C(=O)C3ON2c2ccccc2)ccc1O. The van der Waals surface area contributed by atoms with Crippen LogP contribution in [0, 0.1) is 5.92 Å². The van der Waals surface area contributed by atoms with Gasteiger partial charge in [-0.25, -0.2) is 14.8 Å². The van der Waals surface area contributed by atoms with E-state index in [1.54, 1.807) is 17.2 Å². The minimum absolute atomic E-state index is 0.0450. The second-order valence-electron chi connectivity index (χ2n) is 7.95. The number of phenols is 1. The van der Waals surface area contributed by atoms with E-state index in [0.29, 0.717) is 11.3 Å². The first kappa shape index (κ1) is 21.5. The number of rotatable bonds is 5. The molecule has 0 bridgehead atoms. The lowest BCUT2D eigenvalue weighted by molar-refractivity contribution is -0.126. The normalized spacial score (nSPS) is 21.6. The number of methoxy groups -OCH3 is 1. The summed E-state index contributed by atoms with van der Waals surface area (Å²) in [5.41, 5.74) is 1.59. The molecule has 2 N–H and O–H groups in total. The minimum Gasteiger partial charge on any atom is -0.504 e. The highest BCUT2D eigenvalue weighted by Crippen LogP contribution is 2.48. The molecule has 0 aliphatic carbocycles. The van der Waals surface area contributed by atoms with Crippen LogP contribution >= 0.6 is 0 Å². The molecule has 2 amide bonds. The fraction of sp³-hybridized carbons (Fsp3) is 0.160. The standard InChI is InChI=1S/C25H20N2O7/c1-33-19-13-15(9-12-18(19)28)21-20-22(34-27(21)17-5-3-2-4-6-17)24(30)26(23(20)29)16-10-7-14(8-11-16)25(31)32/h2-13,20-22,28H,1H3,(H,31,32). The quantitative estimate of drug-likeness (QED) is 0.558. The molecule has 2 heterocycles. The molecule has 172 valence electrons. The van der Waals surface area contributed by atoms with Gasteiger partial charge < -0.3 is 14.9 Å². The summed E-state index contributed by atoms with van der Waals surface area (Å²) < 4.78 is 5.25. The Bertz CT molecular complexity index is 1280. The molecule has 3 aromatic rings. The van der Waals surface area contributed by atoms with E-state index in [1.165, 1.54) is 37.4 Å². The summed E-state index contributed by atoms with van der Waals surface area (Å²) in [5.74, 6) is -2.80. The van der Waals surface area contributed by atoms with Gasteiger partial charge in [0.15, 0.2) is 17.6 Å². The van der Waals surface area contributed by atoms with Crippen molar-refractivity contribution in [1.82, 2.24) is 0 Å². The maximum atomic E-state index is 13.6. The number of carboxylic acid groups (broad SMARTS) is 1. The van der Waals surface area contributed by atoms with Gasteiger partial charge in [0.05, 0.1) is 30.1 Å². The molecule has 2 aliphatic heterocycles. The Kier molecular flexibility index (Phi) is 5.18. The molecule has 0 saturated carbocycles. The van der Waals surface area contributed by atoms with Crippen molar-refractivity contribution in [1.29, 1.82) is 0 Å². The summed E-state index contributed by atoms with van der Waals surface area (Å²) in [6, 6.07) is 18.7. The second-order valence-corrected chi connectivity index (χ2v) is 7.95. The van der Waals surface area contributed by atoms with Crippen LogP contribution in [0.5, 0.6) is 11.5 Å². The zero-order chi connectivity index (χ0) is 24.0. The number of nitrogens with zero attached hydrogens (tertiary/aromatic N) is 2. The van der Waals surface area contributed by atoms with Crippen LogP contribution in [0.1, 0.15) is 22.0 Å². The molecule has 9 nitrogen and oxygen atoms in total. The lowest BCUT2D eigenvalue weighted by Crippen LogP contribution is -2.37. The smallest absolute Gasteiger partial charge is 0.335 e. The number of hydrogen-bond acceptors (Lipinski definition) is 7. The first-order valence-electron chi connectivity index (χ1n) is 10.5. The number of para-hydroxylation sites is 1. The van der Waals surface area contributed by atoms with Crippen molar-refractivity contribution < 1.29 is 34.2 Å². The highest BCUT2D eigenvalue weighted by Gasteiger charge is 2.60. The number of fused-ring (bicyclic) bond motifs is 1. The Morgan fingerprint density at radius 2 is 1.65 bits per heavy atom.